The van der Waals surface area contributed by atoms with Crippen molar-refractivity contribution in [3.63, 3.8) is 0 Å². The molecule has 1 aromatic rings. The van der Waals surface area contributed by atoms with E-state index >= 15 is 0 Å². The maximum absolute atomic E-state index is 11.5. The quantitative estimate of drug-likeness (QED) is 0.613. The van der Waals surface area contributed by atoms with E-state index < -0.39 is 6.10 Å². The van der Waals surface area contributed by atoms with Gasteiger partial charge in [0, 0.05) is 17.1 Å². The molecule has 0 saturated heterocycles. The van der Waals surface area contributed by atoms with E-state index in [-0.39, 0.29) is 5.97 Å². The maximum atomic E-state index is 11.5. The summed E-state index contributed by atoms with van der Waals surface area (Å²) in [5, 5.41) is 0. The monoisotopic (exact) mass is 334 g/mol. The molecule has 88 valence electrons. The summed E-state index contributed by atoms with van der Waals surface area (Å²) in [4.78, 5) is 11.5. The van der Waals surface area contributed by atoms with Crippen LogP contribution in [0.15, 0.2) is 24.3 Å². The largest absolute Gasteiger partial charge is 0.464 e. The SMILES string of the molecule is CCOC(=O)C(Cc1ccc(I)cc1)OC. The van der Waals surface area contributed by atoms with E-state index in [2.05, 4.69) is 22.6 Å². The summed E-state index contributed by atoms with van der Waals surface area (Å²) < 4.78 is 11.2. The Bertz CT molecular complexity index is 335. The molecule has 0 aliphatic rings. The molecule has 0 radical (unpaired) electrons. The topological polar surface area (TPSA) is 35.5 Å². The van der Waals surface area contributed by atoms with Crippen molar-refractivity contribution in [2.75, 3.05) is 13.7 Å². The van der Waals surface area contributed by atoms with E-state index in [1.807, 2.05) is 24.3 Å². The number of hydrogen-bond acceptors (Lipinski definition) is 3. The number of rotatable bonds is 5. The molecule has 0 aromatic heterocycles. The summed E-state index contributed by atoms with van der Waals surface area (Å²) in [7, 11) is 1.52. The molecule has 16 heavy (non-hydrogen) atoms. The fraction of sp³-hybridized carbons (Fsp3) is 0.417. The normalized spacial score (nSPS) is 12.2. The van der Waals surface area contributed by atoms with Gasteiger partial charge >= 0.3 is 5.97 Å². The van der Waals surface area contributed by atoms with Crippen LogP contribution in [0, 0.1) is 3.57 Å². The van der Waals surface area contributed by atoms with Gasteiger partial charge in [0.15, 0.2) is 6.10 Å². The summed E-state index contributed by atoms with van der Waals surface area (Å²) in [5.41, 5.74) is 1.07. The van der Waals surface area contributed by atoms with Crippen molar-refractivity contribution in [3.05, 3.63) is 33.4 Å². The second kappa shape index (κ2) is 6.85. The van der Waals surface area contributed by atoms with Gasteiger partial charge in [-0.3, -0.25) is 0 Å². The minimum atomic E-state index is -0.514. The van der Waals surface area contributed by atoms with Crippen molar-refractivity contribution < 1.29 is 14.3 Å². The first-order chi connectivity index (χ1) is 7.67. The summed E-state index contributed by atoms with van der Waals surface area (Å²) in [6.07, 6.45) is 0.0340. The summed E-state index contributed by atoms with van der Waals surface area (Å²) in [6.45, 7) is 2.17. The molecule has 1 atom stereocenters. The fourth-order valence-corrected chi connectivity index (χ4v) is 1.69. The van der Waals surface area contributed by atoms with Gasteiger partial charge in [0.2, 0.25) is 0 Å². The van der Waals surface area contributed by atoms with Crippen LogP contribution in [-0.4, -0.2) is 25.8 Å². The van der Waals surface area contributed by atoms with Crippen LogP contribution in [0.2, 0.25) is 0 Å². The number of halogens is 1. The molecule has 1 aromatic carbocycles. The van der Waals surface area contributed by atoms with Crippen molar-refractivity contribution in [1.29, 1.82) is 0 Å². The Labute approximate surface area is 109 Å². The zero-order valence-corrected chi connectivity index (χ0v) is 11.6. The Morgan fingerprint density at radius 1 is 1.38 bits per heavy atom. The molecule has 0 saturated carbocycles. The molecule has 0 heterocycles. The number of ether oxygens (including phenoxy) is 2. The highest BCUT2D eigenvalue weighted by molar-refractivity contribution is 14.1. The van der Waals surface area contributed by atoms with Gasteiger partial charge in [0.05, 0.1) is 6.61 Å². The van der Waals surface area contributed by atoms with Crippen LogP contribution in [0.25, 0.3) is 0 Å². The number of esters is 1. The molecule has 0 bridgehead atoms. The first-order valence-corrected chi connectivity index (χ1v) is 6.19. The van der Waals surface area contributed by atoms with E-state index in [4.69, 9.17) is 9.47 Å². The second-order valence-electron chi connectivity index (χ2n) is 3.31. The predicted molar refractivity (Wildman–Crippen MR) is 70.3 cm³/mol. The lowest BCUT2D eigenvalue weighted by atomic mass is 10.1. The van der Waals surface area contributed by atoms with Crippen LogP contribution in [0.4, 0.5) is 0 Å². The van der Waals surface area contributed by atoms with Gasteiger partial charge in [0.1, 0.15) is 0 Å². The van der Waals surface area contributed by atoms with E-state index in [1.54, 1.807) is 6.92 Å². The van der Waals surface area contributed by atoms with E-state index in [9.17, 15) is 4.79 Å². The number of benzene rings is 1. The van der Waals surface area contributed by atoms with Gasteiger partial charge < -0.3 is 9.47 Å². The molecule has 4 heteroatoms. The first-order valence-electron chi connectivity index (χ1n) is 5.11. The van der Waals surface area contributed by atoms with E-state index in [1.165, 1.54) is 10.7 Å². The summed E-state index contributed by atoms with van der Waals surface area (Å²) in [5.74, 6) is -0.302. The van der Waals surface area contributed by atoms with Crippen molar-refractivity contribution in [2.45, 2.75) is 19.4 Å². The van der Waals surface area contributed by atoms with E-state index in [0.29, 0.717) is 13.0 Å². The molecule has 0 fully saturated rings. The van der Waals surface area contributed by atoms with Gasteiger partial charge in [-0.15, -0.1) is 0 Å². The zero-order valence-electron chi connectivity index (χ0n) is 9.40. The minimum absolute atomic E-state index is 0.302. The van der Waals surface area contributed by atoms with Crippen molar-refractivity contribution >= 4 is 28.6 Å². The molecular formula is C12H15IO3. The van der Waals surface area contributed by atoms with Crippen LogP contribution in [-0.2, 0) is 20.7 Å². The number of carbonyl (C=O) groups excluding carboxylic acids is 1. The second-order valence-corrected chi connectivity index (χ2v) is 4.55. The van der Waals surface area contributed by atoms with Gasteiger partial charge in [0.25, 0.3) is 0 Å². The van der Waals surface area contributed by atoms with Crippen molar-refractivity contribution in [3.8, 4) is 0 Å². The number of methoxy groups -OCH3 is 1. The molecule has 0 amide bonds. The lowest BCUT2D eigenvalue weighted by Crippen LogP contribution is -2.27. The van der Waals surface area contributed by atoms with Crippen LogP contribution < -0.4 is 0 Å². The lowest BCUT2D eigenvalue weighted by molar-refractivity contribution is -0.154. The highest BCUT2D eigenvalue weighted by Gasteiger charge is 2.19. The summed E-state index contributed by atoms with van der Waals surface area (Å²) in [6, 6.07) is 8.00. The smallest absolute Gasteiger partial charge is 0.335 e. The molecule has 0 aliphatic heterocycles. The highest BCUT2D eigenvalue weighted by Crippen LogP contribution is 2.10. The molecule has 0 spiro atoms. The number of carbonyl (C=O) groups is 1. The molecule has 1 unspecified atom stereocenters. The van der Waals surface area contributed by atoms with Crippen LogP contribution >= 0.6 is 22.6 Å². The average molecular weight is 334 g/mol. The standard InChI is InChI=1S/C12H15IO3/c1-3-16-12(14)11(15-2)8-9-4-6-10(13)7-5-9/h4-7,11H,3,8H2,1-2H3. The fourth-order valence-electron chi connectivity index (χ4n) is 1.33. The third-order valence-electron chi connectivity index (χ3n) is 2.17. The van der Waals surface area contributed by atoms with E-state index in [0.717, 1.165) is 5.56 Å². The third-order valence-corrected chi connectivity index (χ3v) is 2.89. The van der Waals surface area contributed by atoms with Crippen molar-refractivity contribution in [1.82, 2.24) is 0 Å². The zero-order chi connectivity index (χ0) is 12.0. The van der Waals surface area contributed by atoms with Crippen molar-refractivity contribution in [2.24, 2.45) is 0 Å². The van der Waals surface area contributed by atoms with Crippen LogP contribution in [0.1, 0.15) is 12.5 Å². The van der Waals surface area contributed by atoms with Gasteiger partial charge in [-0.2, -0.15) is 0 Å². The Morgan fingerprint density at radius 2 is 2.00 bits per heavy atom. The van der Waals surface area contributed by atoms with Crippen LogP contribution in [0.3, 0.4) is 0 Å². The average Bonchev–Trinajstić information content (AvgIpc) is 2.28. The Morgan fingerprint density at radius 3 is 2.50 bits per heavy atom. The lowest BCUT2D eigenvalue weighted by Gasteiger charge is -2.13. The van der Waals surface area contributed by atoms with Gasteiger partial charge in [-0.25, -0.2) is 4.79 Å². The molecule has 0 aliphatic carbocycles. The molecule has 1 rings (SSSR count). The summed E-state index contributed by atoms with van der Waals surface area (Å²) >= 11 is 2.24. The Balaban J connectivity index is 2.62. The highest BCUT2D eigenvalue weighted by atomic mass is 127. The maximum Gasteiger partial charge on any atom is 0.335 e. The molecular weight excluding hydrogens is 319 g/mol. The Kier molecular flexibility index (Phi) is 5.76. The third kappa shape index (κ3) is 4.09. The van der Waals surface area contributed by atoms with Gasteiger partial charge in [-0.05, 0) is 47.2 Å². The minimum Gasteiger partial charge on any atom is -0.464 e. The first kappa shape index (κ1) is 13.4. The molecule has 0 N–H and O–H groups in total. The predicted octanol–water partition coefficient (Wildman–Crippen LogP) is 2.41. The number of hydrogen-bond donors (Lipinski definition) is 0. The van der Waals surface area contributed by atoms with Gasteiger partial charge in [-0.1, -0.05) is 12.1 Å². The van der Waals surface area contributed by atoms with Crippen LogP contribution in [0.5, 0.6) is 0 Å². The molecule has 3 nitrogen and oxygen atoms in total. The Hall–Kier alpha value is -0.620.